The molecule has 0 spiro atoms. The molecule has 138 valence electrons. The number of anilines is 1. The minimum Gasteiger partial charge on any atom is -0.381 e. The maximum atomic E-state index is 12.5. The smallest absolute Gasteiger partial charge is 0.223 e. The first-order valence-corrected chi connectivity index (χ1v) is 9.62. The number of ether oxygens (including phenoxy) is 1. The highest BCUT2D eigenvalue weighted by Gasteiger charge is 2.27. The molecule has 0 atom stereocenters. The van der Waals surface area contributed by atoms with Gasteiger partial charge in [-0.05, 0) is 43.9 Å². The van der Waals surface area contributed by atoms with Crippen LogP contribution in [0, 0.1) is 5.92 Å². The summed E-state index contributed by atoms with van der Waals surface area (Å²) in [6, 6.07) is 5.81. The fourth-order valence-electron chi connectivity index (χ4n) is 3.66. The van der Waals surface area contributed by atoms with Crippen LogP contribution >= 0.6 is 11.6 Å². The molecule has 7 heteroatoms. The van der Waals surface area contributed by atoms with Crippen molar-refractivity contribution in [2.45, 2.75) is 31.7 Å². The molecule has 3 heterocycles. The van der Waals surface area contributed by atoms with Crippen molar-refractivity contribution in [1.29, 1.82) is 0 Å². The van der Waals surface area contributed by atoms with E-state index in [0.29, 0.717) is 5.02 Å². The zero-order chi connectivity index (χ0) is 17.9. The molecule has 1 aromatic heterocycles. The highest BCUT2D eigenvalue weighted by atomic mass is 35.5. The second-order valence-electron chi connectivity index (χ2n) is 7.02. The minimum atomic E-state index is 0.0846. The molecule has 0 saturated carbocycles. The highest BCUT2D eigenvalue weighted by Crippen LogP contribution is 2.24. The number of nitrogens with zero attached hydrogens (tertiary/aromatic N) is 3. The molecule has 2 aliphatic heterocycles. The third kappa shape index (κ3) is 3.91. The summed E-state index contributed by atoms with van der Waals surface area (Å²) in [5.74, 6) is 1.14. The molecule has 2 saturated heterocycles. The summed E-state index contributed by atoms with van der Waals surface area (Å²) >= 11 is 6.00. The van der Waals surface area contributed by atoms with E-state index in [2.05, 4.69) is 15.2 Å². The van der Waals surface area contributed by atoms with Crippen molar-refractivity contribution in [2.75, 3.05) is 31.2 Å². The highest BCUT2D eigenvalue weighted by molar-refractivity contribution is 6.31. The lowest BCUT2D eigenvalue weighted by Crippen LogP contribution is -2.45. The lowest BCUT2D eigenvalue weighted by molar-refractivity contribution is -0.126. The van der Waals surface area contributed by atoms with Gasteiger partial charge in [0, 0.05) is 43.3 Å². The van der Waals surface area contributed by atoms with E-state index in [9.17, 15) is 4.79 Å². The van der Waals surface area contributed by atoms with E-state index in [1.54, 1.807) is 6.20 Å². The molecular formula is C19H23ClN4O2. The molecule has 2 aliphatic rings. The topological polar surface area (TPSA) is 67.3 Å². The number of hydrogen-bond acceptors (Lipinski definition) is 5. The monoisotopic (exact) mass is 374 g/mol. The first-order chi connectivity index (χ1) is 12.7. The van der Waals surface area contributed by atoms with Crippen LogP contribution < -0.4 is 10.2 Å². The fourth-order valence-corrected chi connectivity index (χ4v) is 3.82. The van der Waals surface area contributed by atoms with Crippen molar-refractivity contribution in [3.8, 4) is 0 Å². The van der Waals surface area contributed by atoms with E-state index in [-0.39, 0.29) is 17.9 Å². The van der Waals surface area contributed by atoms with Gasteiger partial charge in [0.05, 0.1) is 17.2 Å². The lowest BCUT2D eigenvalue weighted by Gasteiger charge is -2.33. The normalized spacial score (nSPS) is 19.7. The van der Waals surface area contributed by atoms with Crippen LogP contribution in [0.4, 0.5) is 5.82 Å². The molecule has 6 nitrogen and oxygen atoms in total. The molecule has 1 amide bonds. The number of carbonyl (C=O) groups is 1. The van der Waals surface area contributed by atoms with Crippen molar-refractivity contribution in [3.63, 3.8) is 0 Å². The quantitative estimate of drug-likeness (QED) is 0.894. The first kappa shape index (κ1) is 17.5. The van der Waals surface area contributed by atoms with E-state index in [4.69, 9.17) is 21.3 Å². The molecule has 4 rings (SSSR count). The summed E-state index contributed by atoms with van der Waals surface area (Å²) < 4.78 is 5.35. The molecule has 0 radical (unpaired) electrons. The lowest BCUT2D eigenvalue weighted by atomic mass is 9.95. The number of fused-ring (bicyclic) bond motifs is 1. The van der Waals surface area contributed by atoms with Crippen molar-refractivity contribution >= 4 is 34.4 Å². The third-order valence-corrected chi connectivity index (χ3v) is 5.48. The Hall–Kier alpha value is -1.92. The van der Waals surface area contributed by atoms with Crippen molar-refractivity contribution in [1.82, 2.24) is 15.3 Å². The molecular weight excluding hydrogens is 352 g/mol. The second kappa shape index (κ2) is 7.76. The van der Waals surface area contributed by atoms with Crippen LogP contribution in [0.25, 0.3) is 11.0 Å². The van der Waals surface area contributed by atoms with Crippen LogP contribution in [0.1, 0.15) is 25.7 Å². The van der Waals surface area contributed by atoms with Gasteiger partial charge in [0.1, 0.15) is 5.82 Å². The maximum Gasteiger partial charge on any atom is 0.223 e. The van der Waals surface area contributed by atoms with Gasteiger partial charge in [0.25, 0.3) is 0 Å². The Balaban J connectivity index is 1.35. The average molecular weight is 375 g/mol. The number of rotatable bonds is 3. The number of benzene rings is 1. The predicted molar refractivity (Wildman–Crippen MR) is 101 cm³/mol. The SMILES string of the molecule is O=C(NC1CCOCC1)C1CCN(c2cnc3cc(Cl)ccc3n2)CC1. The predicted octanol–water partition coefficient (Wildman–Crippen LogP) is 2.79. The van der Waals surface area contributed by atoms with Gasteiger partial charge in [-0.25, -0.2) is 4.98 Å². The summed E-state index contributed by atoms with van der Waals surface area (Å²) in [5, 5.41) is 3.86. The third-order valence-electron chi connectivity index (χ3n) is 5.25. The molecule has 26 heavy (non-hydrogen) atoms. The fraction of sp³-hybridized carbons (Fsp3) is 0.526. The molecule has 0 bridgehead atoms. The van der Waals surface area contributed by atoms with Crippen LogP contribution in [0.15, 0.2) is 24.4 Å². The molecule has 0 unspecified atom stereocenters. The number of amides is 1. The van der Waals surface area contributed by atoms with Gasteiger partial charge in [-0.3, -0.25) is 9.78 Å². The molecule has 2 fully saturated rings. The standard InChI is InChI=1S/C19H23ClN4O2/c20-14-1-2-16-17(11-14)21-12-18(23-16)24-7-3-13(4-8-24)19(25)22-15-5-9-26-10-6-15/h1-2,11-13,15H,3-10H2,(H,22,25). The summed E-state index contributed by atoms with van der Waals surface area (Å²) in [5.41, 5.74) is 1.64. The van der Waals surface area contributed by atoms with E-state index in [1.807, 2.05) is 18.2 Å². The van der Waals surface area contributed by atoms with Crippen molar-refractivity contribution < 1.29 is 9.53 Å². The molecule has 2 aromatic rings. The summed E-state index contributed by atoms with van der Waals surface area (Å²) in [7, 11) is 0. The number of nitrogens with one attached hydrogen (secondary N) is 1. The van der Waals surface area contributed by atoms with Crippen LogP contribution in [0.3, 0.4) is 0 Å². The van der Waals surface area contributed by atoms with Crippen molar-refractivity contribution in [2.24, 2.45) is 5.92 Å². The van der Waals surface area contributed by atoms with Gasteiger partial charge in [-0.1, -0.05) is 11.6 Å². The summed E-state index contributed by atoms with van der Waals surface area (Å²) in [4.78, 5) is 23.9. The number of aromatic nitrogens is 2. The van der Waals surface area contributed by atoms with E-state index in [1.165, 1.54) is 0 Å². The second-order valence-corrected chi connectivity index (χ2v) is 7.45. The number of hydrogen-bond donors (Lipinski definition) is 1. The Bertz CT molecular complexity index is 786. The van der Waals surface area contributed by atoms with Crippen LogP contribution in [-0.4, -0.2) is 48.2 Å². The molecule has 1 aromatic carbocycles. The largest absolute Gasteiger partial charge is 0.381 e. The number of piperidine rings is 1. The number of carbonyl (C=O) groups excluding carboxylic acids is 1. The van der Waals surface area contributed by atoms with E-state index in [0.717, 1.165) is 68.8 Å². The van der Waals surface area contributed by atoms with Gasteiger partial charge >= 0.3 is 0 Å². The summed E-state index contributed by atoms with van der Waals surface area (Å²) in [6.45, 7) is 3.13. The van der Waals surface area contributed by atoms with Gasteiger partial charge in [0.2, 0.25) is 5.91 Å². The van der Waals surface area contributed by atoms with Gasteiger partial charge < -0.3 is 15.0 Å². The van der Waals surface area contributed by atoms with Crippen LogP contribution in [0.5, 0.6) is 0 Å². The van der Waals surface area contributed by atoms with Crippen molar-refractivity contribution in [3.05, 3.63) is 29.4 Å². The van der Waals surface area contributed by atoms with Gasteiger partial charge in [-0.2, -0.15) is 0 Å². The first-order valence-electron chi connectivity index (χ1n) is 9.24. The zero-order valence-corrected chi connectivity index (χ0v) is 15.4. The minimum absolute atomic E-state index is 0.0846. The van der Waals surface area contributed by atoms with E-state index < -0.39 is 0 Å². The average Bonchev–Trinajstić information content (AvgIpc) is 2.68. The number of halogens is 1. The Morgan fingerprint density at radius 1 is 1.15 bits per heavy atom. The molecule has 0 aliphatic carbocycles. The Labute approximate surface area is 157 Å². The van der Waals surface area contributed by atoms with Gasteiger partial charge in [0.15, 0.2) is 0 Å². The maximum absolute atomic E-state index is 12.5. The summed E-state index contributed by atoms with van der Waals surface area (Å²) in [6.07, 6.45) is 5.31. The Kier molecular flexibility index (Phi) is 5.22. The molecule has 1 N–H and O–H groups in total. The van der Waals surface area contributed by atoms with Crippen LogP contribution in [-0.2, 0) is 9.53 Å². The Morgan fingerprint density at radius 3 is 2.69 bits per heavy atom. The van der Waals surface area contributed by atoms with Gasteiger partial charge in [-0.15, -0.1) is 0 Å². The zero-order valence-electron chi connectivity index (χ0n) is 14.7. The van der Waals surface area contributed by atoms with E-state index >= 15 is 0 Å². The van der Waals surface area contributed by atoms with Crippen LogP contribution in [0.2, 0.25) is 5.02 Å². The Morgan fingerprint density at radius 2 is 1.92 bits per heavy atom.